The molecule has 0 radical (unpaired) electrons. The first kappa shape index (κ1) is 25.2. The minimum Gasteiger partial charge on any atom is -0.468 e. The van der Waals surface area contributed by atoms with E-state index in [4.69, 9.17) is 4.74 Å². The van der Waals surface area contributed by atoms with E-state index >= 15 is 0 Å². The van der Waals surface area contributed by atoms with Crippen molar-refractivity contribution in [3.05, 3.63) is 35.4 Å². The molecule has 1 fully saturated rings. The molecule has 32 heavy (non-hydrogen) atoms. The van der Waals surface area contributed by atoms with Crippen LogP contribution in [0.4, 0.5) is 4.79 Å². The molecule has 2 unspecified atom stereocenters. The molecule has 0 saturated heterocycles. The second kappa shape index (κ2) is 10.5. The molecular formula is C23H33N3O6. The van der Waals surface area contributed by atoms with Gasteiger partial charge >= 0.3 is 12.1 Å². The zero-order valence-corrected chi connectivity index (χ0v) is 19.6. The van der Waals surface area contributed by atoms with Gasteiger partial charge in [-0.2, -0.15) is 0 Å². The molecular weight excluding hydrogens is 414 g/mol. The Bertz CT molecular complexity index is 860. The molecule has 176 valence electrons. The number of methoxy groups -OCH3 is 1. The van der Waals surface area contributed by atoms with Crippen molar-refractivity contribution in [3.8, 4) is 0 Å². The lowest BCUT2D eigenvalue weighted by Crippen LogP contribution is -2.53. The van der Waals surface area contributed by atoms with E-state index in [1.807, 2.05) is 25.1 Å². The van der Waals surface area contributed by atoms with Crippen molar-refractivity contribution in [1.29, 1.82) is 0 Å². The third-order valence-electron chi connectivity index (χ3n) is 4.82. The Morgan fingerprint density at radius 3 is 2.38 bits per heavy atom. The summed E-state index contributed by atoms with van der Waals surface area (Å²) in [5, 5.41) is 5.12. The minimum atomic E-state index is -0.956. The van der Waals surface area contributed by atoms with Crippen molar-refractivity contribution in [2.24, 2.45) is 0 Å². The third kappa shape index (κ3) is 7.25. The van der Waals surface area contributed by atoms with Crippen LogP contribution in [-0.4, -0.2) is 60.1 Å². The number of esters is 1. The second-order valence-electron chi connectivity index (χ2n) is 8.96. The smallest absolute Gasteiger partial charge is 0.408 e. The van der Waals surface area contributed by atoms with Crippen LogP contribution in [-0.2, 0) is 23.9 Å². The zero-order chi connectivity index (χ0) is 24.1. The van der Waals surface area contributed by atoms with Crippen molar-refractivity contribution in [3.63, 3.8) is 0 Å². The van der Waals surface area contributed by atoms with Gasteiger partial charge in [0, 0.05) is 6.04 Å². The average molecular weight is 448 g/mol. The minimum absolute atomic E-state index is 0.139. The fourth-order valence-corrected chi connectivity index (χ4v) is 3.25. The summed E-state index contributed by atoms with van der Waals surface area (Å²) >= 11 is 0. The van der Waals surface area contributed by atoms with Crippen LogP contribution in [0, 0.1) is 6.92 Å². The fraction of sp³-hybridized carbons (Fsp3) is 0.565. The number of nitrogens with one attached hydrogen (secondary N) is 2. The van der Waals surface area contributed by atoms with Gasteiger partial charge in [0.1, 0.15) is 24.2 Å². The van der Waals surface area contributed by atoms with Gasteiger partial charge in [-0.25, -0.2) is 4.79 Å². The number of hydrogen-bond acceptors (Lipinski definition) is 6. The highest BCUT2D eigenvalue weighted by Gasteiger charge is 2.43. The first-order valence-electron chi connectivity index (χ1n) is 10.7. The Morgan fingerprint density at radius 1 is 1.19 bits per heavy atom. The van der Waals surface area contributed by atoms with Crippen LogP contribution < -0.4 is 10.6 Å². The number of hydrogen-bond donors (Lipinski definition) is 2. The molecule has 0 aliphatic heterocycles. The fourth-order valence-electron chi connectivity index (χ4n) is 3.25. The van der Waals surface area contributed by atoms with Gasteiger partial charge in [0.25, 0.3) is 0 Å². The molecule has 0 aromatic heterocycles. The maximum Gasteiger partial charge on any atom is 0.408 e. The molecule has 1 aromatic rings. The number of carbonyl (C=O) groups is 4. The molecule has 9 nitrogen and oxygen atoms in total. The highest BCUT2D eigenvalue weighted by atomic mass is 16.6. The van der Waals surface area contributed by atoms with Gasteiger partial charge < -0.3 is 25.0 Å². The predicted octanol–water partition coefficient (Wildman–Crippen LogP) is 2.23. The number of nitrogens with zero attached hydrogens (tertiary/aromatic N) is 1. The monoisotopic (exact) mass is 447 g/mol. The molecule has 1 aliphatic carbocycles. The van der Waals surface area contributed by atoms with E-state index in [0.717, 1.165) is 18.4 Å². The van der Waals surface area contributed by atoms with Crippen molar-refractivity contribution < 1.29 is 28.7 Å². The molecule has 2 N–H and O–H groups in total. The standard InChI is InChI=1S/C23H33N3O6/c1-14-8-7-9-16(12-14)19(20(28)24-13-18(27)31-6)26(17-10-11-17)21(29)15(2)25-22(30)32-23(3,4)5/h7-9,12,15,17,19H,10-11,13H2,1-6H3,(H,24,28)(H,25,30). The van der Waals surface area contributed by atoms with Gasteiger partial charge in [-0.3, -0.25) is 14.4 Å². The first-order chi connectivity index (χ1) is 14.9. The summed E-state index contributed by atoms with van der Waals surface area (Å²) in [6.45, 7) is 8.33. The molecule has 0 bridgehead atoms. The summed E-state index contributed by atoms with van der Waals surface area (Å²) in [4.78, 5) is 51.8. The van der Waals surface area contributed by atoms with Gasteiger partial charge in [0.2, 0.25) is 11.8 Å². The van der Waals surface area contributed by atoms with Crippen molar-refractivity contribution >= 4 is 23.9 Å². The largest absolute Gasteiger partial charge is 0.468 e. The van der Waals surface area contributed by atoms with Gasteiger partial charge in [-0.15, -0.1) is 0 Å². The lowest BCUT2D eigenvalue weighted by molar-refractivity contribution is -0.145. The van der Waals surface area contributed by atoms with E-state index in [0.29, 0.717) is 5.56 Å². The van der Waals surface area contributed by atoms with Crippen LogP contribution in [0.1, 0.15) is 57.7 Å². The van der Waals surface area contributed by atoms with Crippen LogP contribution in [0.25, 0.3) is 0 Å². The summed E-state index contributed by atoms with van der Waals surface area (Å²) in [5.74, 6) is -1.49. The molecule has 0 heterocycles. The predicted molar refractivity (Wildman–Crippen MR) is 118 cm³/mol. The van der Waals surface area contributed by atoms with E-state index in [1.165, 1.54) is 12.0 Å². The summed E-state index contributed by atoms with van der Waals surface area (Å²) in [6, 6.07) is 5.29. The lowest BCUT2D eigenvalue weighted by Gasteiger charge is -2.34. The van der Waals surface area contributed by atoms with Crippen LogP contribution >= 0.6 is 0 Å². The molecule has 3 amide bonds. The Morgan fingerprint density at radius 2 is 1.84 bits per heavy atom. The molecule has 9 heteroatoms. The van der Waals surface area contributed by atoms with Gasteiger partial charge in [-0.1, -0.05) is 29.8 Å². The zero-order valence-electron chi connectivity index (χ0n) is 19.6. The number of benzene rings is 1. The van der Waals surface area contributed by atoms with Crippen molar-refractivity contribution in [2.45, 2.75) is 71.2 Å². The normalized spacial score (nSPS) is 15.2. The van der Waals surface area contributed by atoms with E-state index in [9.17, 15) is 19.2 Å². The van der Waals surface area contributed by atoms with E-state index in [-0.39, 0.29) is 12.6 Å². The highest BCUT2D eigenvalue weighted by molar-refractivity contribution is 5.93. The number of carbonyl (C=O) groups excluding carboxylic acids is 4. The van der Waals surface area contributed by atoms with Gasteiger partial charge in [0.05, 0.1) is 7.11 Å². The average Bonchev–Trinajstić information content (AvgIpc) is 3.52. The van der Waals surface area contributed by atoms with Crippen molar-refractivity contribution in [2.75, 3.05) is 13.7 Å². The molecule has 0 spiro atoms. The molecule has 1 aliphatic rings. The maximum atomic E-state index is 13.4. The molecule has 2 rings (SSSR count). The number of amides is 3. The third-order valence-corrected chi connectivity index (χ3v) is 4.82. The van der Waals surface area contributed by atoms with Crippen LogP contribution in [0.5, 0.6) is 0 Å². The molecule has 2 atom stereocenters. The second-order valence-corrected chi connectivity index (χ2v) is 8.96. The van der Waals surface area contributed by atoms with Crippen molar-refractivity contribution in [1.82, 2.24) is 15.5 Å². The number of alkyl carbamates (subject to hydrolysis) is 1. The Labute approximate surface area is 188 Å². The topological polar surface area (TPSA) is 114 Å². The number of rotatable bonds is 8. The first-order valence-corrected chi connectivity index (χ1v) is 10.7. The quantitative estimate of drug-likeness (QED) is 0.591. The summed E-state index contributed by atoms with van der Waals surface area (Å²) in [5.41, 5.74) is 0.842. The summed E-state index contributed by atoms with van der Waals surface area (Å²) in [7, 11) is 1.23. The maximum absolute atomic E-state index is 13.4. The number of aryl methyl sites for hydroxylation is 1. The van der Waals surface area contributed by atoms with E-state index in [2.05, 4.69) is 15.4 Å². The van der Waals surface area contributed by atoms with Gasteiger partial charge in [-0.05, 0) is 53.0 Å². The van der Waals surface area contributed by atoms with Gasteiger partial charge in [0.15, 0.2) is 0 Å². The van der Waals surface area contributed by atoms with Crippen LogP contribution in [0.15, 0.2) is 24.3 Å². The Kier molecular flexibility index (Phi) is 8.24. The van der Waals surface area contributed by atoms with E-state index in [1.54, 1.807) is 33.8 Å². The molecule has 1 saturated carbocycles. The lowest BCUT2D eigenvalue weighted by atomic mass is 10.0. The molecule has 1 aromatic carbocycles. The summed E-state index contributed by atoms with van der Waals surface area (Å²) < 4.78 is 9.85. The van der Waals surface area contributed by atoms with E-state index < -0.39 is 41.6 Å². The van der Waals surface area contributed by atoms with Crippen LogP contribution in [0.3, 0.4) is 0 Å². The number of ether oxygens (including phenoxy) is 2. The highest BCUT2D eigenvalue weighted by Crippen LogP contribution is 2.35. The Balaban J connectivity index is 2.30. The SMILES string of the molecule is COC(=O)CNC(=O)C(c1cccc(C)c1)N(C(=O)C(C)NC(=O)OC(C)(C)C)C1CC1. The summed E-state index contributed by atoms with van der Waals surface area (Å²) in [6.07, 6.45) is 0.783. The Hall–Kier alpha value is -3.10. The van der Waals surface area contributed by atoms with Crippen LogP contribution in [0.2, 0.25) is 0 Å².